The van der Waals surface area contributed by atoms with Crippen LogP contribution in [0.2, 0.25) is 0 Å². The molecule has 5 heteroatoms. The second-order valence-corrected chi connectivity index (χ2v) is 7.43. The number of piperidine rings is 1. The summed E-state index contributed by atoms with van der Waals surface area (Å²) in [5, 5.41) is 4.42. The fourth-order valence-electron chi connectivity index (χ4n) is 3.84. The van der Waals surface area contributed by atoms with Crippen molar-refractivity contribution >= 4 is 5.71 Å². The minimum absolute atomic E-state index is 0.212. The molecule has 0 bridgehead atoms. The highest BCUT2D eigenvalue weighted by Gasteiger charge is 2.12. The summed E-state index contributed by atoms with van der Waals surface area (Å²) < 4.78 is 13.2. The van der Waals surface area contributed by atoms with E-state index in [0.29, 0.717) is 6.61 Å². The second-order valence-electron chi connectivity index (χ2n) is 7.43. The molecule has 1 aromatic carbocycles. The Morgan fingerprint density at radius 2 is 1.50 bits per heavy atom. The van der Waals surface area contributed by atoms with Gasteiger partial charge in [0.1, 0.15) is 12.4 Å². The van der Waals surface area contributed by atoms with Crippen LogP contribution in [0.3, 0.4) is 0 Å². The number of oxime groups is 1. The molecule has 2 saturated heterocycles. The van der Waals surface area contributed by atoms with Gasteiger partial charge in [0.05, 0.1) is 5.71 Å². The lowest BCUT2D eigenvalue weighted by Crippen LogP contribution is -2.30. The van der Waals surface area contributed by atoms with E-state index in [4.69, 9.17) is 4.84 Å². The SMILES string of the molecule is Fc1ccc(/C(CCCN2CCCCC2)=N\OCCN2CCCC2)cc1. The fraction of sp³-hybridized carbons (Fsp3) is 0.667. The summed E-state index contributed by atoms with van der Waals surface area (Å²) in [6.45, 7) is 7.45. The van der Waals surface area contributed by atoms with Crippen LogP contribution in [0.5, 0.6) is 0 Å². The minimum Gasteiger partial charge on any atom is -0.394 e. The lowest BCUT2D eigenvalue weighted by Gasteiger charge is -2.26. The maximum absolute atomic E-state index is 13.2. The molecule has 0 unspecified atom stereocenters. The van der Waals surface area contributed by atoms with Crippen molar-refractivity contribution in [1.29, 1.82) is 0 Å². The van der Waals surface area contributed by atoms with E-state index < -0.39 is 0 Å². The lowest BCUT2D eigenvalue weighted by molar-refractivity contribution is 0.118. The van der Waals surface area contributed by atoms with Gasteiger partial charge in [-0.25, -0.2) is 4.39 Å². The second kappa shape index (κ2) is 10.6. The molecule has 3 rings (SSSR count). The third-order valence-corrected chi connectivity index (χ3v) is 5.39. The third-order valence-electron chi connectivity index (χ3n) is 5.39. The topological polar surface area (TPSA) is 28.1 Å². The smallest absolute Gasteiger partial charge is 0.129 e. The summed E-state index contributed by atoms with van der Waals surface area (Å²) in [7, 11) is 0. The van der Waals surface area contributed by atoms with Crippen molar-refractivity contribution < 1.29 is 9.23 Å². The van der Waals surface area contributed by atoms with Crippen LogP contribution in [0.25, 0.3) is 0 Å². The minimum atomic E-state index is -0.212. The van der Waals surface area contributed by atoms with Gasteiger partial charge < -0.3 is 9.74 Å². The van der Waals surface area contributed by atoms with E-state index in [9.17, 15) is 4.39 Å². The van der Waals surface area contributed by atoms with E-state index in [-0.39, 0.29) is 5.82 Å². The average Bonchev–Trinajstić information content (AvgIpc) is 3.19. The van der Waals surface area contributed by atoms with E-state index >= 15 is 0 Å². The molecule has 4 nitrogen and oxygen atoms in total. The maximum atomic E-state index is 13.2. The standard InChI is InChI=1S/C21H32FN3O/c22-20-10-8-19(9-11-20)21(7-6-16-24-12-2-1-3-13-24)23-26-18-17-25-14-4-5-15-25/h8-11H,1-7,12-18H2/b23-21-. The van der Waals surface area contributed by atoms with Crippen molar-refractivity contribution in [2.75, 3.05) is 45.9 Å². The maximum Gasteiger partial charge on any atom is 0.129 e. The van der Waals surface area contributed by atoms with Crippen molar-refractivity contribution in [3.05, 3.63) is 35.6 Å². The van der Waals surface area contributed by atoms with Crippen molar-refractivity contribution in [2.45, 2.75) is 44.9 Å². The predicted octanol–water partition coefficient (Wildman–Crippen LogP) is 3.91. The molecule has 0 atom stereocenters. The zero-order valence-electron chi connectivity index (χ0n) is 15.8. The number of nitrogens with zero attached hydrogens (tertiary/aromatic N) is 3. The number of likely N-dealkylation sites (tertiary alicyclic amines) is 2. The van der Waals surface area contributed by atoms with Gasteiger partial charge in [-0.2, -0.15) is 0 Å². The van der Waals surface area contributed by atoms with Crippen LogP contribution in [0.4, 0.5) is 4.39 Å². The highest BCUT2D eigenvalue weighted by atomic mass is 19.1. The molecule has 1 aromatic rings. The average molecular weight is 362 g/mol. The van der Waals surface area contributed by atoms with Crippen LogP contribution in [0, 0.1) is 5.82 Å². The van der Waals surface area contributed by atoms with Gasteiger partial charge in [0.15, 0.2) is 0 Å². The van der Waals surface area contributed by atoms with Gasteiger partial charge in [-0.3, -0.25) is 4.90 Å². The Kier molecular flexibility index (Phi) is 7.89. The molecule has 0 aromatic heterocycles. The molecule has 0 N–H and O–H groups in total. The van der Waals surface area contributed by atoms with Crippen LogP contribution >= 0.6 is 0 Å². The van der Waals surface area contributed by atoms with Crippen molar-refractivity contribution in [3.63, 3.8) is 0 Å². The third kappa shape index (κ3) is 6.36. The van der Waals surface area contributed by atoms with Crippen molar-refractivity contribution in [3.8, 4) is 0 Å². The molecular formula is C21H32FN3O. The van der Waals surface area contributed by atoms with Gasteiger partial charge in [-0.05, 0) is 88.9 Å². The molecule has 0 aliphatic carbocycles. The molecule has 0 spiro atoms. The first-order chi connectivity index (χ1) is 12.8. The number of halogens is 1. The fourth-order valence-corrected chi connectivity index (χ4v) is 3.84. The molecular weight excluding hydrogens is 329 g/mol. The van der Waals surface area contributed by atoms with Gasteiger partial charge >= 0.3 is 0 Å². The quantitative estimate of drug-likeness (QED) is 0.379. The Hall–Kier alpha value is -1.46. The van der Waals surface area contributed by atoms with Crippen LogP contribution in [0.1, 0.15) is 50.5 Å². The Bertz CT molecular complexity index is 549. The number of hydrogen-bond donors (Lipinski definition) is 0. The Morgan fingerprint density at radius 1 is 0.885 bits per heavy atom. The van der Waals surface area contributed by atoms with Gasteiger partial charge in [-0.15, -0.1) is 0 Å². The first kappa shape index (κ1) is 19.3. The summed E-state index contributed by atoms with van der Waals surface area (Å²) in [5.74, 6) is -0.212. The highest BCUT2D eigenvalue weighted by Crippen LogP contribution is 2.13. The van der Waals surface area contributed by atoms with Crippen molar-refractivity contribution in [1.82, 2.24) is 9.80 Å². The van der Waals surface area contributed by atoms with Crippen molar-refractivity contribution in [2.24, 2.45) is 5.16 Å². The van der Waals surface area contributed by atoms with Crippen LogP contribution in [-0.4, -0.2) is 61.4 Å². The first-order valence-electron chi connectivity index (χ1n) is 10.2. The van der Waals surface area contributed by atoms with Gasteiger partial charge in [0.2, 0.25) is 0 Å². The highest BCUT2D eigenvalue weighted by molar-refractivity contribution is 6.00. The van der Waals surface area contributed by atoms with Crippen LogP contribution in [0.15, 0.2) is 29.4 Å². The zero-order valence-corrected chi connectivity index (χ0v) is 15.8. The monoisotopic (exact) mass is 361 g/mol. The van der Waals surface area contributed by atoms with Gasteiger partial charge in [-0.1, -0.05) is 23.7 Å². The number of hydrogen-bond acceptors (Lipinski definition) is 4. The first-order valence-corrected chi connectivity index (χ1v) is 10.2. The molecule has 144 valence electrons. The largest absolute Gasteiger partial charge is 0.394 e. The molecule has 26 heavy (non-hydrogen) atoms. The summed E-state index contributed by atoms with van der Waals surface area (Å²) >= 11 is 0. The normalized spacial score (nSPS) is 19.8. The molecule has 0 saturated carbocycles. The Labute approximate surface area is 157 Å². The Morgan fingerprint density at radius 3 is 2.19 bits per heavy atom. The van der Waals surface area contributed by atoms with Crippen LogP contribution in [-0.2, 0) is 4.84 Å². The van der Waals surface area contributed by atoms with E-state index in [1.54, 1.807) is 12.1 Å². The summed E-state index contributed by atoms with van der Waals surface area (Å²) in [4.78, 5) is 10.6. The summed E-state index contributed by atoms with van der Waals surface area (Å²) in [6, 6.07) is 6.61. The van der Waals surface area contributed by atoms with Gasteiger partial charge in [0.25, 0.3) is 0 Å². The predicted molar refractivity (Wildman–Crippen MR) is 104 cm³/mol. The lowest BCUT2D eigenvalue weighted by atomic mass is 10.0. The molecule has 2 aliphatic heterocycles. The molecule has 0 radical (unpaired) electrons. The van der Waals surface area contributed by atoms with Gasteiger partial charge in [0, 0.05) is 6.54 Å². The van der Waals surface area contributed by atoms with E-state index in [1.807, 2.05) is 0 Å². The molecule has 2 heterocycles. The number of rotatable bonds is 9. The molecule has 2 fully saturated rings. The van der Waals surface area contributed by atoms with Crippen LogP contribution < -0.4 is 0 Å². The van der Waals surface area contributed by atoms with E-state index in [1.165, 1.54) is 70.4 Å². The summed E-state index contributed by atoms with van der Waals surface area (Å²) in [5.41, 5.74) is 1.90. The zero-order chi connectivity index (χ0) is 18.0. The summed E-state index contributed by atoms with van der Waals surface area (Å²) in [6.07, 6.45) is 8.51. The molecule has 2 aliphatic rings. The molecule has 0 amide bonds. The van der Waals surface area contributed by atoms with E-state index in [0.717, 1.165) is 37.2 Å². The number of benzene rings is 1. The Balaban J connectivity index is 1.50. The van der Waals surface area contributed by atoms with E-state index in [2.05, 4.69) is 15.0 Å².